The Hall–Kier alpha value is -0.850. The quantitative estimate of drug-likeness (QED) is 0.463. The first-order valence-corrected chi connectivity index (χ1v) is 5.14. The molecule has 0 bridgehead atoms. The van der Waals surface area contributed by atoms with Gasteiger partial charge in [-0.2, -0.15) is 0 Å². The second kappa shape index (κ2) is 7.47. The fraction of sp³-hybridized carbons (Fsp3) is 0.417. The third-order valence-corrected chi connectivity index (χ3v) is 2.09. The summed E-state index contributed by atoms with van der Waals surface area (Å²) < 4.78 is 12.9. The lowest BCUT2D eigenvalue weighted by Crippen LogP contribution is -2.35. The fourth-order valence-electron chi connectivity index (χ4n) is 1.48. The maximum atomic E-state index is 12.9. The number of aliphatic imine (C=N–C) groups is 1. The molecule has 0 spiro atoms. The van der Waals surface area contributed by atoms with Crippen LogP contribution in [0, 0.1) is 5.82 Å². The summed E-state index contributed by atoms with van der Waals surface area (Å²) in [4.78, 5) is 8.30. The normalized spacial score (nSPS) is 9.24. The first kappa shape index (κ1) is 16.1. The summed E-state index contributed by atoms with van der Waals surface area (Å²) >= 11 is 0. The minimum atomic E-state index is -0.219. The van der Waals surface area contributed by atoms with Crippen molar-refractivity contribution in [3.8, 4) is 0 Å². The van der Waals surface area contributed by atoms with E-state index < -0.39 is 0 Å². The van der Waals surface area contributed by atoms with Crippen molar-refractivity contribution in [2.24, 2.45) is 4.99 Å². The molecule has 0 fully saturated rings. The molecule has 0 amide bonds. The molecule has 96 valence electrons. The Morgan fingerprint density at radius 1 is 1.18 bits per heavy atom. The number of benzene rings is 1. The van der Waals surface area contributed by atoms with E-state index in [9.17, 15) is 4.39 Å². The molecule has 5 heteroatoms. The second-order valence-corrected chi connectivity index (χ2v) is 4.04. The van der Waals surface area contributed by atoms with Gasteiger partial charge in [-0.05, 0) is 17.7 Å². The van der Waals surface area contributed by atoms with Crippen LogP contribution in [0.25, 0.3) is 0 Å². The van der Waals surface area contributed by atoms with Crippen molar-refractivity contribution in [1.82, 2.24) is 9.80 Å². The van der Waals surface area contributed by atoms with E-state index in [4.69, 9.17) is 0 Å². The zero-order valence-corrected chi connectivity index (χ0v) is 13.0. The molecule has 0 saturated carbocycles. The summed E-state index contributed by atoms with van der Waals surface area (Å²) in [6, 6.07) is 6.51. The van der Waals surface area contributed by atoms with Crippen LogP contribution in [0.4, 0.5) is 4.39 Å². The summed E-state index contributed by atoms with van der Waals surface area (Å²) in [6.45, 7) is 0.490. The van der Waals surface area contributed by atoms with Gasteiger partial charge in [-0.3, -0.25) is 0 Å². The van der Waals surface area contributed by atoms with E-state index in [1.54, 1.807) is 6.07 Å². The predicted molar refractivity (Wildman–Crippen MR) is 80.3 cm³/mol. The summed E-state index contributed by atoms with van der Waals surface area (Å²) in [5, 5.41) is 0. The maximum Gasteiger partial charge on any atom is 0.195 e. The lowest BCUT2D eigenvalue weighted by molar-refractivity contribution is 0.479. The van der Waals surface area contributed by atoms with Crippen LogP contribution in [0.1, 0.15) is 5.56 Å². The van der Waals surface area contributed by atoms with Gasteiger partial charge in [0.05, 0.1) is 6.54 Å². The molecule has 0 N–H and O–H groups in total. The van der Waals surface area contributed by atoms with Gasteiger partial charge in [-0.25, -0.2) is 9.38 Å². The fourth-order valence-corrected chi connectivity index (χ4v) is 1.48. The van der Waals surface area contributed by atoms with Crippen LogP contribution in [0.2, 0.25) is 0 Å². The summed E-state index contributed by atoms with van der Waals surface area (Å²) in [6.07, 6.45) is 0. The van der Waals surface area contributed by atoms with Gasteiger partial charge in [-0.1, -0.05) is 12.1 Å². The topological polar surface area (TPSA) is 18.8 Å². The van der Waals surface area contributed by atoms with E-state index >= 15 is 0 Å². The molecule has 1 rings (SSSR count). The first-order chi connectivity index (χ1) is 7.50. The average molecular weight is 351 g/mol. The zero-order chi connectivity index (χ0) is 12.1. The van der Waals surface area contributed by atoms with Crippen LogP contribution in [0.5, 0.6) is 0 Å². The lowest BCUT2D eigenvalue weighted by atomic mass is 10.2. The molecule has 17 heavy (non-hydrogen) atoms. The molecule has 0 atom stereocenters. The zero-order valence-electron chi connectivity index (χ0n) is 10.6. The third-order valence-electron chi connectivity index (χ3n) is 2.09. The molecule has 0 saturated heterocycles. The van der Waals surface area contributed by atoms with Crippen LogP contribution in [-0.2, 0) is 6.54 Å². The average Bonchev–Trinajstić information content (AvgIpc) is 2.16. The Bertz CT molecular complexity index is 368. The second-order valence-electron chi connectivity index (χ2n) is 4.04. The number of rotatable bonds is 2. The SMILES string of the molecule is CN(C)C(=NCc1cccc(F)c1)N(C)C.I. The highest BCUT2D eigenvalue weighted by Gasteiger charge is 2.03. The molecule has 1 aromatic carbocycles. The Morgan fingerprint density at radius 3 is 2.24 bits per heavy atom. The Morgan fingerprint density at radius 2 is 1.76 bits per heavy atom. The minimum Gasteiger partial charge on any atom is -0.349 e. The van der Waals surface area contributed by atoms with Crippen molar-refractivity contribution < 1.29 is 4.39 Å². The highest BCUT2D eigenvalue weighted by Crippen LogP contribution is 2.05. The van der Waals surface area contributed by atoms with Crippen LogP contribution >= 0.6 is 24.0 Å². The van der Waals surface area contributed by atoms with Gasteiger partial charge >= 0.3 is 0 Å². The molecule has 0 unspecified atom stereocenters. The molecule has 0 aliphatic heterocycles. The van der Waals surface area contributed by atoms with Gasteiger partial charge < -0.3 is 9.80 Å². The minimum absolute atomic E-state index is 0. The van der Waals surface area contributed by atoms with E-state index in [2.05, 4.69) is 4.99 Å². The molecule has 0 aliphatic carbocycles. The molecule has 3 nitrogen and oxygen atoms in total. The Kier molecular flexibility index (Phi) is 7.10. The van der Waals surface area contributed by atoms with Gasteiger partial charge in [0.25, 0.3) is 0 Å². The number of hydrogen-bond donors (Lipinski definition) is 0. The monoisotopic (exact) mass is 351 g/mol. The highest BCUT2D eigenvalue weighted by molar-refractivity contribution is 14.0. The van der Waals surface area contributed by atoms with E-state index in [1.807, 2.05) is 44.1 Å². The van der Waals surface area contributed by atoms with Gasteiger partial charge in [0, 0.05) is 28.2 Å². The van der Waals surface area contributed by atoms with Crippen LogP contribution in [0.15, 0.2) is 29.3 Å². The van der Waals surface area contributed by atoms with Gasteiger partial charge in [0.1, 0.15) is 5.82 Å². The number of guanidine groups is 1. The van der Waals surface area contributed by atoms with Gasteiger partial charge in [0.15, 0.2) is 5.96 Å². The summed E-state index contributed by atoms with van der Waals surface area (Å²) in [7, 11) is 7.74. The third kappa shape index (κ3) is 5.34. The summed E-state index contributed by atoms with van der Waals surface area (Å²) in [5.74, 6) is 0.646. The molecule has 0 heterocycles. The van der Waals surface area contributed by atoms with E-state index in [0.717, 1.165) is 11.5 Å². The molecule has 0 aromatic heterocycles. The molecule has 0 aliphatic rings. The number of hydrogen-bond acceptors (Lipinski definition) is 1. The predicted octanol–water partition coefficient (Wildman–Crippen LogP) is 2.42. The van der Waals surface area contributed by atoms with Crippen LogP contribution < -0.4 is 0 Å². The van der Waals surface area contributed by atoms with Crippen molar-refractivity contribution in [2.75, 3.05) is 28.2 Å². The number of nitrogens with zero attached hydrogens (tertiary/aromatic N) is 3. The van der Waals surface area contributed by atoms with E-state index in [-0.39, 0.29) is 29.8 Å². The Labute approximate surface area is 119 Å². The molecule has 0 radical (unpaired) electrons. The van der Waals surface area contributed by atoms with Gasteiger partial charge in [0.2, 0.25) is 0 Å². The smallest absolute Gasteiger partial charge is 0.195 e. The first-order valence-electron chi connectivity index (χ1n) is 5.14. The van der Waals surface area contributed by atoms with E-state index in [0.29, 0.717) is 6.54 Å². The molecular formula is C12H19FIN3. The maximum absolute atomic E-state index is 12.9. The standard InChI is InChI=1S/C12H18FN3.HI/c1-15(2)12(16(3)4)14-9-10-6-5-7-11(13)8-10;/h5-8H,9H2,1-4H3;1H. The summed E-state index contributed by atoms with van der Waals surface area (Å²) in [5.41, 5.74) is 0.876. The van der Waals surface area contributed by atoms with E-state index in [1.165, 1.54) is 12.1 Å². The lowest BCUT2D eigenvalue weighted by Gasteiger charge is -2.22. The van der Waals surface area contributed by atoms with Crippen molar-refractivity contribution in [3.05, 3.63) is 35.6 Å². The van der Waals surface area contributed by atoms with Crippen molar-refractivity contribution in [2.45, 2.75) is 6.54 Å². The van der Waals surface area contributed by atoms with Crippen LogP contribution in [-0.4, -0.2) is 44.0 Å². The van der Waals surface area contributed by atoms with Crippen molar-refractivity contribution in [1.29, 1.82) is 0 Å². The Balaban J connectivity index is 0.00000256. The van der Waals surface area contributed by atoms with Gasteiger partial charge in [-0.15, -0.1) is 24.0 Å². The van der Waals surface area contributed by atoms with Crippen molar-refractivity contribution >= 4 is 29.9 Å². The van der Waals surface area contributed by atoms with Crippen LogP contribution in [0.3, 0.4) is 0 Å². The van der Waals surface area contributed by atoms with Crippen molar-refractivity contribution in [3.63, 3.8) is 0 Å². The molecular weight excluding hydrogens is 332 g/mol. The highest BCUT2D eigenvalue weighted by atomic mass is 127. The molecule has 1 aromatic rings. The number of halogens is 2. The largest absolute Gasteiger partial charge is 0.349 e.